The van der Waals surface area contributed by atoms with E-state index in [1.165, 1.54) is 24.2 Å². The highest BCUT2D eigenvalue weighted by Crippen LogP contribution is 2.43. The standard InChI is InChI=1S/C11H16N2O2S/c1-13(5-6-15-2)11-12-10(8-3-4-8)9(7-14)16-11/h7-8H,3-6H2,1-2H3. The average Bonchev–Trinajstić information content (AvgIpc) is 3.05. The molecule has 0 aromatic carbocycles. The zero-order chi connectivity index (χ0) is 11.5. The number of anilines is 1. The van der Waals surface area contributed by atoms with Gasteiger partial charge in [-0.3, -0.25) is 4.79 Å². The molecular weight excluding hydrogens is 224 g/mol. The van der Waals surface area contributed by atoms with E-state index in [0.29, 0.717) is 12.5 Å². The predicted molar refractivity (Wildman–Crippen MR) is 64.6 cm³/mol. The first kappa shape index (κ1) is 11.5. The summed E-state index contributed by atoms with van der Waals surface area (Å²) in [5, 5.41) is 0.918. The first-order valence-electron chi connectivity index (χ1n) is 5.42. The van der Waals surface area contributed by atoms with Gasteiger partial charge < -0.3 is 9.64 Å². The van der Waals surface area contributed by atoms with Crippen LogP contribution in [0.25, 0.3) is 0 Å². The molecule has 1 saturated carbocycles. The molecular formula is C11H16N2O2S. The van der Waals surface area contributed by atoms with Crippen molar-refractivity contribution < 1.29 is 9.53 Å². The average molecular weight is 240 g/mol. The van der Waals surface area contributed by atoms with Crippen molar-refractivity contribution in [2.24, 2.45) is 0 Å². The molecule has 1 fully saturated rings. The highest BCUT2D eigenvalue weighted by molar-refractivity contribution is 7.17. The van der Waals surface area contributed by atoms with E-state index < -0.39 is 0 Å². The van der Waals surface area contributed by atoms with E-state index in [9.17, 15) is 4.79 Å². The molecule has 5 heteroatoms. The maximum atomic E-state index is 10.9. The highest BCUT2D eigenvalue weighted by atomic mass is 32.1. The van der Waals surface area contributed by atoms with Gasteiger partial charge >= 0.3 is 0 Å². The minimum atomic E-state index is 0.529. The largest absolute Gasteiger partial charge is 0.383 e. The molecule has 88 valence electrons. The van der Waals surface area contributed by atoms with E-state index in [4.69, 9.17) is 4.74 Å². The van der Waals surface area contributed by atoms with E-state index >= 15 is 0 Å². The molecule has 1 heterocycles. The van der Waals surface area contributed by atoms with E-state index in [1.54, 1.807) is 7.11 Å². The van der Waals surface area contributed by atoms with Gasteiger partial charge in [-0.05, 0) is 12.8 Å². The van der Waals surface area contributed by atoms with Gasteiger partial charge in [0.15, 0.2) is 11.4 Å². The van der Waals surface area contributed by atoms with E-state index in [1.807, 2.05) is 11.9 Å². The number of carbonyl (C=O) groups excluding carboxylic acids is 1. The molecule has 1 aromatic heterocycles. The van der Waals surface area contributed by atoms with Crippen molar-refractivity contribution in [3.8, 4) is 0 Å². The Hall–Kier alpha value is -0.940. The number of rotatable bonds is 6. The highest BCUT2D eigenvalue weighted by Gasteiger charge is 2.30. The summed E-state index contributed by atoms with van der Waals surface area (Å²) in [6.07, 6.45) is 3.27. The second kappa shape index (κ2) is 4.93. The van der Waals surface area contributed by atoms with Gasteiger partial charge in [-0.15, -0.1) is 0 Å². The van der Waals surface area contributed by atoms with Crippen LogP contribution in [0.15, 0.2) is 0 Å². The quantitative estimate of drug-likeness (QED) is 0.712. The van der Waals surface area contributed by atoms with Crippen LogP contribution in [0.2, 0.25) is 0 Å². The second-order valence-corrected chi connectivity index (χ2v) is 5.06. The van der Waals surface area contributed by atoms with Crippen molar-refractivity contribution in [3.05, 3.63) is 10.6 Å². The molecule has 1 aliphatic carbocycles. The third kappa shape index (κ3) is 2.41. The summed E-state index contributed by atoms with van der Waals surface area (Å²) in [4.78, 5) is 18.3. The molecule has 0 atom stereocenters. The van der Waals surface area contributed by atoms with Crippen LogP contribution in [0.1, 0.15) is 34.1 Å². The summed E-state index contributed by atoms with van der Waals surface area (Å²) in [5.74, 6) is 0.529. The van der Waals surface area contributed by atoms with Crippen LogP contribution in [0.5, 0.6) is 0 Å². The number of aromatic nitrogens is 1. The van der Waals surface area contributed by atoms with Crippen LogP contribution in [0.3, 0.4) is 0 Å². The number of thiazole rings is 1. The van der Waals surface area contributed by atoms with Gasteiger partial charge in [0.25, 0.3) is 0 Å². The molecule has 0 aliphatic heterocycles. The fraction of sp³-hybridized carbons (Fsp3) is 0.636. The van der Waals surface area contributed by atoms with Gasteiger partial charge in [-0.25, -0.2) is 4.98 Å². The zero-order valence-electron chi connectivity index (χ0n) is 9.60. The Morgan fingerprint density at radius 3 is 2.94 bits per heavy atom. The minimum absolute atomic E-state index is 0.529. The molecule has 0 radical (unpaired) electrons. The van der Waals surface area contributed by atoms with Gasteiger partial charge in [0.05, 0.1) is 17.2 Å². The Morgan fingerprint density at radius 2 is 2.38 bits per heavy atom. The molecule has 0 spiro atoms. The number of hydrogen-bond acceptors (Lipinski definition) is 5. The SMILES string of the molecule is COCCN(C)c1nc(C2CC2)c(C=O)s1. The molecule has 0 unspecified atom stereocenters. The Morgan fingerprint density at radius 1 is 1.62 bits per heavy atom. The van der Waals surface area contributed by atoms with Crippen molar-refractivity contribution in [1.82, 2.24) is 4.98 Å². The maximum Gasteiger partial charge on any atom is 0.186 e. The van der Waals surface area contributed by atoms with Crippen LogP contribution >= 0.6 is 11.3 Å². The molecule has 16 heavy (non-hydrogen) atoms. The van der Waals surface area contributed by atoms with Crippen molar-refractivity contribution in [3.63, 3.8) is 0 Å². The smallest absolute Gasteiger partial charge is 0.186 e. The third-order valence-electron chi connectivity index (χ3n) is 2.70. The van der Waals surface area contributed by atoms with Crippen molar-refractivity contribution in [2.75, 3.05) is 32.2 Å². The summed E-state index contributed by atoms with van der Waals surface area (Å²) in [7, 11) is 3.66. The number of methoxy groups -OCH3 is 1. The van der Waals surface area contributed by atoms with Gasteiger partial charge in [0, 0.05) is 26.6 Å². The number of nitrogens with zero attached hydrogens (tertiary/aromatic N) is 2. The third-order valence-corrected chi connectivity index (χ3v) is 3.81. The molecule has 2 rings (SSSR count). The number of likely N-dealkylation sites (N-methyl/N-ethyl adjacent to an activating group) is 1. The molecule has 4 nitrogen and oxygen atoms in total. The first-order valence-corrected chi connectivity index (χ1v) is 6.24. The van der Waals surface area contributed by atoms with Crippen molar-refractivity contribution >= 4 is 22.8 Å². The molecule has 0 saturated heterocycles. The zero-order valence-corrected chi connectivity index (χ0v) is 10.4. The summed E-state index contributed by atoms with van der Waals surface area (Å²) < 4.78 is 5.02. The van der Waals surface area contributed by atoms with Gasteiger partial charge in [-0.2, -0.15) is 0 Å². The van der Waals surface area contributed by atoms with E-state index in [-0.39, 0.29) is 0 Å². The lowest BCUT2D eigenvalue weighted by molar-refractivity contribution is 0.112. The normalized spacial score (nSPS) is 15.1. The lowest BCUT2D eigenvalue weighted by atomic mass is 10.3. The first-order chi connectivity index (χ1) is 7.76. The topological polar surface area (TPSA) is 42.4 Å². The van der Waals surface area contributed by atoms with Crippen LogP contribution < -0.4 is 4.90 Å². The molecule has 1 aliphatic rings. The molecule has 1 aromatic rings. The van der Waals surface area contributed by atoms with Crippen molar-refractivity contribution in [1.29, 1.82) is 0 Å². The Bertz CT molecular complexity index is 374. The van der Waals surface area contributed by atoms with Crippen LogP contribution in [0.4, 0.5) is 5.13 Å². The van der Waals surface area contributed by atoms with Gasteiger partial charge in [0.1, 0.15) is 0 Å². The molecule has 0 N–H and O–H groups in total. The summed E-state index contributed by atoms with van der Waals surface area (Å²) in [6.45, 7) is 1.47. The van der Waals surface area contributed by atoms with Crippen LogP contribution in [0, 0.1) is 0 Å². The number of carbonyl (C=O) groups is 1. The number of hydrogen-bond donors (Lipinski definition) is 0. The predicted octanol–water partition coefficient (Wildman–Crippen LogP) is 1.92. The number of ether oxygens (including phenoxy) is 1. The van der Waals surface area contributed by atoms with Gasteiger partial charge in [0.2, 0.25) is 0 Å². The van der Waals surface area contributed by atoms with Crippen LogP contribution in [-0.4, -0.2) is 38.6 Å². The summed E-state index contributed by atoms with van der Waals surface area (Å²) >= 11 is 1.48. The minimum Gasteiger partial charge on any atom is -0.383 e. The summed E-state index contributed by atoms with van der Waals surface area (Å²) in [5.41, 5.74) is 0.999. The number of aldehydes is 1. The fourth-order valence-electron chi connectivity index (χ4n) is 1.55. The maximum absolute atomic E-state index is 10.9. The monoisotopic (exact) mass is 240 g/mol. The van der Waals surface area contributed by atoms with E-state index in [2.05, 4.69) is 4.98 Å². The van der Waals surface area contributed by atoms with Crippen molar-refractivity contribution in [2.45, 2.75) is 18.8 Å². The van der Waals surface area contributed by atoms with E-state index in [0.717, 1.165) is 28.5 Å². The lowest BCUT2D eigenvalue weighted by Crippen LogP contribution is -2.21. The lowest BCUT2D eigenvalue weighted by Gasteiger charge is -2.14. The Balaban J connectivity index is 2.11. The Kier molecular flexibility index (Phi) is 3.56. The summed E-state index contributed by atoms with van der Waals surface area (Å²) in [6, 6.07) is 0. The Labute approximate surface area is 99.2 Å². The molecule has 0 amide bonds. The second-order valence-electron chi connectivity index (χ2n) is 4.05. The fourth-order valence-corrected chi connectivity index (χ4v) is 2.51. The van der Waals surface area contributed by atoms with Crippen LogP contribution in [-0.2, 0) is 4.74 Å². The van der Waals surface area contributed by atoms with Gasteiger partial charge in [-0.1, -0.05) is 11.3 Å². The molecule has 0 bridgehead atoms.